The number of hydrogen-bond acceptors (Lipinski definition) is 7. The molecule has 5 heterocycles. The van der Waals surface area contributed by atoms with Crippen molar-refractivity contribution in [3.63, 3.8) is 0 Å². The van der Waals surface area contributed by atoms with Crippen LogP contribution in [0.1, 0.15) is 12.6 Å². The summed E-state index contributed by atoms with van der Waals surface area (Å²) in [6.45, 7) is 7.56. The van der Waals surface area contributed by atoms with Crippen molar-refractivity contribution in [1.29, 1.82) is 0 Å². The predicted molar refractivity (Wildman–Crippen MR) is 148 cm³/mol. The summed E-state index contributed by atoms with van der Waals surface area (Å²) in [5.41, 5.74) is 4.94. The zero-order chi connectivity index (χ0) is 27.1. The van der Waals surface area contributed by atoms with Crippen LogP contribution in [0.3, 0.4) is 0 Å². The number of hydrogen-bond donors (Lipinski definition) is 1. The zero-order valence-electron chi connectivity index (χ0n) is 22.2. The summed E-state index contributed by atoms with van der Waals surface area (Å²) in [5, 5.41) is 5.40. The Morgan fingerprint density at radius 1 is 1.05 bits per heavy atom. The van der Waals surface area contributed by atoms with Gasteiger partial charge in [0, 0.05) is 49.4 Å². The number of aromatic amines is 1. The van der Waals surface area contributed by atoms with Gasteiger partial charge in [0.1, 0.15) is 6.54 Å². The molecule has 0 spiro atoms. The molecule has 0 bridgehead atoms. The number of piperazine rings is 1. The average Bonchev–Trinajstić information content (AvgIpc) is 3.47. The number of pyridine rings is 2. The van der Waals surface area contributed by atoms with Crippen LogP contribution in [0, 0.1) is 6.92 Å². The maximum Gasteiger partial charge on any atom is 0.331 e. The molecule has 11 nitrogen and oxygen atoms in total. The second kappa shape index (κ2) is 9.99. The van der Waals surface area contributed by atoms with Gasteiger partial charge in [-0.2, -0.15) is 5.10 Å². The highest BCUT2D eigenvalue weighted by molar-refractivity contribution is 6.04. The summed E-state index contributed by atoms with van der Waals surface area (Å²) in [5.74, 6) is 0.593. The molecule has 0 saturated carbocycles. The Morgan fingerprint density at radius 2 is 1.85 bits per heavy atom. The number of benzene rings is 1. The molecule has 5 aromatic rings. The van der Waals surface area contributed by atoms with E-state index >= 15 is 0 Å². The van der Waals surface area contributed by atoms with E-state index in [4.69, 9.17) is 4.74 Å². The Bertz CT molecular complexity index is 1730. The first-order valence-electron chi connectivity index (χ1n) is 13.0. The monoisotopic (exact) mass is 526 g/mol. The zero-order valence-corrected chi connectivity index (χ0v) is 22.2. The van der Waals surface area contributed by atoms with Gasteiger partial charge in [-0.3, -0.25) is 19.0 Å². The fraction of sp³-hybridized carbons (Fsp3) is 0.321. The van der Waals surface area contributed by atoms with Crippen LogP contribution in [0.5, 0.6) is 5.88 Å². The Kier molecular flexibility index (Phi) is 6.35. The molecule has 11 heteroatoms. The second-order valence-electron chi connectivity index (χ2n) is 9.82. The summed E-state index contributed by atoms with van der Waals surface area (Å²) in [6.07, 6.45) is 5.21. The van der Waals surface area contributed by atoms with Crippen molar-refractivity contribution in [1.82, 2.24) is 39.1 Å². The first-order chi connectivity index (χ1) is 18.9. The van der Waals surface area contributed by atoms with Crippen LogP contribution in [0.15, 0.2) is 53.7 Å². The predicted octanol–water partition coefficient (Wildman–Crippen LogP) is 2.61. The van der Waals surface area contributed by atoms with Gasteiger partial charge in [-0.25, -0.2) is 9.78 Å². The Balaban J connectivity index is 1.39. The van der Waals surface area contributed by atoms with E-state index in [1.807, 2.05) is 49.1 Å². The quantitative estimate of drug-likeness (QED) is 0.362. The number of likely N-dealkylation sites (N-methyl/N-ethyl adjacent to an activating group) is 1. The minimum atomic E-state index is -0.291. The number of ether oxygens (including phenoxy) is 1. The van der Waals surface area contributed by atoms with E-state index in [1.54, 1.807) is 27.8 Å². The summed E-state index contributed by atoms with van der Waals surface area (Å²) in [4.78, 5) is 42.1. The molecule has 0 aliphatic carbocycles. The van der Waals surface area contributed by atoms with Gasteiger partial charge in [0.15, 0.2) is 0 Å². The molecule has 1 fully saturated rings. The number of fused-ring (bicyclic) bond motifs is 3. The Hall–Kier alpha value is -4.51. The van der Waals surface area contributed by atoms with Crippen LogP contribution in [-0.2, 0) is 11.3 Å². The van der Waals surface area contributed by atoms with Crippen LogP contribution < -0.4 is 10.4 Å². The third kappa shape index (κ3) is 4.65. The lowest BCUT2D eigenvalue weighted by molar-refractivity contribution is -0.133. The number of carbonyl (C=O) groups excluding carboxylic acids is 1. The van der Waals surface area contributed by atoms with Gasteiger partial charge in [-0.15, -0.1) is 0 Å². The van der Waals surface area contributed by atoms with Crippen molar-refractivity contribution in [2.75, 3.05) is 39.8 Å². The molecule has 39 heavy (non-hydrogen) atoms. The first-order valence-corrected chi connectivity index (χ1v) is 13.0. The van der Waals surface area contributed by atoms with Crippen molar-refractivity contribution in [2.24, 2.45) is 0 Å². The van der Waals surface area contributed by atoms with Crippen molar-refractivity contribution in [3.8, 4) is 22.7 Å². The normalized spacial score (nSPS) is 14.4. The molecule has 6 rings (SSSR count). The van der Waals surface area contributed by atoms with Crippen molar-refractivity contribution in [3.05, 3.63) is 65.1 Å². The molecule has 1 N–H and O–H groups in total. The van der Waals surface area contributed by atoms with Gasteiger partial charge in [-0.1, -0.05) is 6.07 Å². The van der Waals surface area contributed by atoms with Gasteiger partial charge in [0.05, 0.1) is 46.9 Å². The molecular formula is C28H30N8O3. The molecule has 1 amide bonds. The van der Waals surface area contributed by atoms with Gasteiger partial charge >= 0.3 is 5.69 Å². The third-order valence-corrected chi connectivity index (χ3v) is 7.18. The molecule has 1 saturated heterocycles. The molecule has 1 aliphatic rings. The van der Waals surface area contributed by atoms with Crippen LogP contribution in [0.2, 0.25) is 0 Å². The van der Waals surface area contributed by atoms with E-state index in [1.165, 1.54) is 0 Å². The SMILES string of the molecule is CCOc1ccc(-c2ccc3ncc4[nH]c(=O)n(-c5cn(CC(=O)N6CCN(C)CC6)nc5C)c4c3c2)cn1. The highest BCUT2D eigenvalue weighted by Crippen LogP contribution is 2.30. The minimum Gasteiger partial charge on any atom is -0.478 e. The largest absolute Gasteiger partial charge is 0.478 e. The lowest BCUT2D eigenvalue weighted by Crippen LogP contribution is -2.48. The molecule has 0 atom stereocenters. The fourth-order valence-corrected chi connectivity index (χ4v) is 5.08. The molecular weight excluding hydrogens is 496 g/mol. The maximum atomic E-state index is 13.2. The maximum absolute atomic E-state index is 13.2. The number of carbonyl (C=O) groups is 1. The van der Waals surface area contributed by atoms with Gasteiger partial charge in [0.2, 0.25) is 11.8 Å². The van der Waals surface area contributed by atoms with Crippen LogP contribution in [-0.4, -0.2) is 84.8 Å². The molecule has 200 valence electrons. The third-order valence-electron chi connectivity index (χ3n) is 7.18. The minimum absolute atomic E-state index is 0.0201. The van der Waals surface area contributed by atoms with Crippen LogP contribution >= 0.6 is 0 Å². The number of rotatable bonds is 6. The van der Waals surface area contributed by atoms with Crippen molar-refractivity contribution in [2.45, 2.75) is 20.4 Å². The van der Waals surface area contributed by atoms with E-state index < -0.39 is 0 Å². The summed E-state index contributed by atoms with van der Waals surface area (Å²) in [7, 11) is 2.06. The van der Waals surface area contributed by atoms with E-state index in [-0.39, 0.29) is 18.1 Å². The number of H-pyrrole nitrogens is 1. The smallest absolute Gasteiger partial charge is 0.331 e. The first kappa shape index (κ1) is 24.8. The van der Waals surface area contributed by atoms with Crippen molar-refractivity contribution < 1.29 is 9.53 Å². The fourth-order valence-electron chi connectivity index (χ4n) is 5.08. The van der Waals surface area contributed by atoms with E-state index in [9.17, 15) is 9.59 Å². The molecule has 4 aromatic heterocycles. The molecule has 1 aliphatic heterocycles. The molecule has 1 aromatic carbocycles. The second-order valence-corrected chi connectivity index (χ2v) is 9.82. The number of aromatic nitrogens is 6. The Morgan fingerprint density at radius 3 is 2.59 bits per heavy atom. The lowest BCUT2D eigenvalue weighted by atomic mass is 10.0. The van der Waals surface area contributed by atoms with E-state index in [0.717, 1.165) is 35.1 Å². The van der Waals surface area contributed by atoms with Gasteiger partial charge in [0.25, 0.3) is 0 Å². The lowest BCUT2D eigenvalue weighted by Gasteiger charge is -2.32. The Labute approximate surface area is 224 Å². The summed E-state index contributed by atoms with van der Waals surface area (Å²) in [6, 6.07) is 9.74. The number of aryl methyl sites for hydroxylation is 1. The molecule has 0 radical (unpaired) electrons. The number of imidazole rings is 1. The number of nitrogens with one attached hydrogen (secondary N) is 1. The highest BCUT2D eigenvalue weighted by Gasteiger charge is 2.22. The summed E-state index contributed by atoms with van der Waals surface area (Å²) >= 11 is 0. The summed E-state index contributed by atoms with van der Waals surface area (Å²) < 4.78 is 8.72. The van der Waals surface area contributed by atoms with Crippen LogP contribution in [0.4, 0.5) is 0 Å². The van der Waals surface area contributed by atoms with E-state index in [0.29, 0.717) is 48.0 Å². The molecule has 0 unspecified atom stereocenters. The number of amides is 1. The van der Waals surface area contributed by atoms with Gasteiger partial charge < -0.3 is 19.5 Å². The highest BCUT2D eigenvalue weighted by atomic mass is 16.5. The topological polar surface area (TPSA) is 114 Å². The van der Waals surface area contributed by atoms with Gasteiger partial charge in [-0.05, 0) is 44.7 Å². The van der Waals surface area contributed by atoms with Crippen molar-refractivity contribution >= 4 is 27.8 Å². The average molecular weight is 527 g/mol. The standard InChI is InChI=1S/C28H30N8O3/c1-4-39-25-8-6-20(14-30-25)19-5-7-22-21(13-19)27-23(15-29-22)31-28(38)36(27)24-16-35(32-18(24)2)17-26(37)34-11-9-33(3)10-12-34/h5-8,13-16H,4,9-12,17H2,1-3H3,(H,31,38). The van der Waals surface area contributed by atoms with Crippen LogP contribution in [0.25, 0.3) is 38.8 Å². The van der Waals surface area contributed by atoms with E-state index in [2.05, 4.69) is 32.0 Å². The number of nitrogens with zero attached hydrogens (tertiary/aromatic N) is 7.